The predicted octanol–water partition coefficient (Wildman–Crippen LogP) is 2.45. The van der Waals surface area contributed by atoms with Gasteiger partial charge in [0.15, 0.2) is 0 Å². The van der Waals surface area contributed by atoms with Crippen LogP contribution in [0, 0.1) is 5.82 Å². The Morgan fingerprint density at radius 3 is 2.72 bits per heavy atom. The molecular formula is C13H10FN3O. The highest BCUT2D eigenvalue weighted by atomic mass is 19.1. The molecule has 0 unspecified atom stereocenters. The fourth-order valence-electron chi connectivity index (χ4n) is 1.98. The molecule has 0 saturated carbocycles. The highest BCUT2D eigenvalue weighted by Crippen LogP contribution is 2.29. The zero-order chi connectivity index (χ0) is 12.7. The van der Waals surface area contributed by atoms with Crippen molar-refractivity contribution in [2.75, 3.05) is 5.73 Å². The summed E-state index contributed by atoms with van der Waals surface area (Å²) in [6.45, 7) is 0. The van der Waals surface area contributed by atoms with Crippen molar-refractivity contribution in [2.24, 2.45) is 0 Å². The van der Waals surface area contributed by atoms with E-state index in [0.717, 1.165) is 17.1 Å². The molecule has 1 heterocycles. The van der Waals surface area contributed by atoms with Crippen molar-refractivity contribution in [3.63, 3.8) is 0 Å². The average molecular weight is 243 g/mol. The maximum absolute atomic E-state index is 13.0. The van der Waals surface area contributed by atoms with Gasteiger partial charge in [-0.25, -0.2) is 9.37 Å². The largest absolute Gasteiger partial charge is 0.506 e. The van der Waals surface area contributed by atoms with Crippen LogP contribution in [0.3, 0.4) is 0 Å². The summed E-state index contributed by atoms with van der Waals surface area (Å²) in [5.74, 6) is -0.429. The van der Waals surface area contributed by atoms with Crippen LogP contribution >= 0.6 is 0 Å². The number of halogens is 1. The van der Waals surface area contributed by atoms with E-state index in [1.165, 1.54) is 12.1 Å². The number of aromatic nitrogens is 2. The van der Waals surface area contributed by atoms with Crippen LogP contribution in [-0.4, -0.2) is 14.7 Å². The topological polar surface area (TPSA) is 64.1 Å². The fourth-order valence-corrected chi connectivity index (χ4v) is 1.98. The lowest BCUT2D eigenvalue weighted by Gasteiger charge is -2.08. The van der Waals surface area contributed by atoms with Crippen LogP contribution in [0.1, 0.15) is 0 Å². The normalized spacial score (nSPS) is 10.9. The third-order valence-electron chi connectivity index (χ3n) is 2.77. The van der Waals surface area contributed by atoms with Gasteiger partial charge < -0.3 is 10.8 Å². The first-order valence-corrected chi connectivity index (χ1v) is 5.38. The van der Waals surface area contributed by atoms with Crippen LogP contribution < -0.4 is 5.73 Å². The van der Waals surface area contributed by atoms with Crippen LogP contribution in [0.4, 0.5) is 10.3 Å². The smallest absolute Gasteiger partial charge is 0.206 e. The molecule has 4 nitrogen and oxygen atoms in total. The zero-order valence-corrected chi connectivity index (χ0v) is 9.34. The van der Waals surface area contributed by atoms with Gasteiger partial charge in [0.25, 0.3) is 0 Å². The van der Waals surface area contributed by atoms with Crippen molar-refractivity contribution in [1.82, 2.24) is 9.55 Å². The van der Waals surface area contributed by atoms with Crippen LogP contribution in [0.5, 0.6) is 5.75 Å². The first kappa shape index (κ1) is 10.6. The summed E-state index contributed by atoms with van der Waals surface area (Å²) in [5, 5.41) is 9.80. The Kier molecular flexibility index (Phi) is 2.19. The molecule has 18 heavy (non-hydrogen) atoms. The molecule has 0 spiro atoms. The molecule has 0 saturated heterocycles. The Hall–Kier alpha value is -2.56. The Morgan fingerprint density at radius 2 is 1.94 bits per heavy atom. The molecule has 0 aliphatic carbocycles. The summed E-state index contributed by atoms with van der Waals surface area (Å²) in [6.07, 6.45) is 0. The number of imidazole rings is 1. The summed E-state index contributed by atoms with van der Waals surface area (Å²) in [7, 11) is 0. The first-order valence-electron chi connectivity index (χ1n) is 5.38. The number of anilines is 1. The van der Waals surface area contributed by atoms with Gasteiger partial charge in [0.2, 0.25) is 5.95 Å². The van der Waals surface area contributed by atoms with Gasteiger partial charge in [-0.1, -0.05) is 12.1 Å². The highest BCUT2D eigenvalue weighted by Gasteiger charge is 2.12. The van der Waals surface area contributed by atoms with E-state index in [0.29, 0.717) is 5.69 Å². The predicted molar refractivity (Wildman–Crippen MR) is 67.1 cm³/mol. The highest BCUT2D eigenvalue weighted by molar-refractivity contribution is 5.81. The van der Waals surface area contributed by atoms with Crippen molar-refractivity contribution in [3.8, 4) is 11.4 Å². The number of phenols is 1. The lowest BCUT2D eigenvalue weighted by atomic mass is 10.2. The van der Waals surface area contributed by atoms with Gasteiger partial charge in [0, 0.05) is 6.07 Å². The summed E-state index contributed by atoms with van der Waals surface area (Å²) >= 11 is 0. The van der Waals surface area contributed by atoms with E-state index in [2.05, 4.69) is 4.98 Å². The van der Waals surface area contributed by atoms with Gasteiger partial charge in [-0.15, -0.1) is 0 Å². The molecular weight excluding hydrogens is 233 g/mol. The van der Waals surface area contributed by atoms with Crippen molar-refractivity contribution in [2.45, 2.75) is 0 Å². The number of para-hydroxylation sites is 2. The van der Waals surface area contributed by atoms with E-state index in [1.807, 2.05) is 24.3 Å². The number of aromatic hydroxyl groups is 1. The number of fused-ring (bicyclic) bond motifs is 1. The van der Waals surface area contributed by atoms with Gasteiger partial charge in [-0.05, 0) is 24.3 Å². The SMILES string of the molecule is Nc1nc2ccccc2n1-c1ccc(F)cc1O. The van der Waals surface area contributed by atoms with E-state index in [4.69, 9.17) is 5.73 Å². The standard InChI is InChI=1S/C13H10FN3O/c14-8-5-6-11(12(18)7-8)17-10-4-2-1-3-9(10)16-13(17)15/h1-7,18H,(H2,15,16). The monoisotopic (exact) mass is 243 g/mol. The zero-order valence-electron chi connectivity index (χ0n) is 9.34. The molecule has 3 rings (SSSR count). The molecule has 0 aliphatic rings. The number of hydrogen-bond acceptors (Lipinski definition) is 3. The molecule has 2 aromatic carbocycles. The molecule has 0 amide bonds. The van der Waals surface area contributed by atoms with Crippen molar-refractivity contribution >= 4 is 17.0 Å². The van der Waals surface area contributed by atoms with E-state index in [-0.39, 0.29) is 11.7 Å². The number of hydrogen-bond donors (Lipinski definition) is 2. The molecule has 0 bridgehead atoms. The Bertz CT molecular complexity index is 736. The Balaban J connectivity index is 2.34. The average Bonchev–Trinajstić information content (AvgIpc) is 2.66. The Labute approximate surface area is 102 Å². The first-order chi connectivity index (χ1) is 8.66. The molecule has 5 heteroatoms. The van der Waals surface area contributed by atoms with Crippen molar-refractivity contribution in [3.05, 3.63) is 48.3 Å². The van der Waals surface area contributed by atoms with Gasteiger partial charge in [-0.3, -0.25) is 4.57 Å². The summed E-state index contributed by atoms with van der Waals surface area (Å²) in [4.78, 5) is 4.19. The lowest BCUT2D eigenvalue weighted by molar-refractivity contribution is 0.466. The third kappa shape index (κ3) is 1.48. The molecule has 3 N–H and O–H groups in total. The fraction of sp³-hybridized carbons (Fsp3) is 0. The summed E-state index contributed by atoms with van der Waals surface area (Å²) < 4.78 is 14.6. The van der Waals surface area contributed by atoms with Gasteiger partial charge in [0.05, 0.1) is 16.7 Å². The number of nitrogens with two attached hydrogens (primary N) is 1. The maximum atomic E-state index is 13.0. The number of rotatable bonds is 1. The molecule has 90 valence electrons. The van der Waals surface area contributed by atoms with Crippen LogP contribution in [-0.2, 0) is 0 Å². The van der Waals surface area contributed by atoms with Gasteiger partial charge in [0.1, 0.15) is 11.6 Å². The van der Waals surface area contributed by atoms with Crippen molar-refractivity contribution < 1.29 is 9.50 Å². The molecule has 0 radical (unpaired) electrons. The lowest BCUT2D eigenvalue weighted by Crippen LogP contribution is -2.01. The summed E-state index contributed by atoms with van der Waals surface area (Å²) in [5.41, 5.74) is 7.73. The molecule has 0 aliphatic heterocycles. The minimum Gasteiger partial charge on any atom is -0.506 e. The Morgan fingerprint density at radius 1 is 1.17 bits per heavy atom. The molecule has 0 fully saturated rings. The van der Waals surface area contributed by atoms with Gasteiger partial charge >= 0.3 is 0 Å². The maximum Gasteiger partial charge on any atom is 0.206 e. The number of nitrogens with zero attached hydrogens (tertiary/aromatic N) is 2. The minimum absolute atomic E-state index is 0.176. The molecule has 1 aromatic heterocycles. The number of benzene rings is 2. The summed E-state index contributed by atoms with van der Waals surface area (Å²) in [6, 6.07) is 11.1. The van der Waals surface area contributed by atoms with E-state index >= 15 is 0 Å². The van der Waals surface area contributed by atoms with E-state index < -0.39 is 5.82 Å². The van der Waals surface area contributed by atoms with Crippen LogP contribution in [0.15, 0.2) is 42.5 Å². The number of phenolic OH excluding ortho intramolecular Hbond substituents is 1. The number of nitrogen functional groups attached to an aromatic ring is 1. The second-order valence-corrected chi connectivity index (χ2v) is 3.93. The minimum atomic E-state index is -0.501. The third-order valence-corrected chi connectivity index (χ3v) is 2.77. The van der Waals surface area contributed by atoms with Crippen LogP contribution in [0.25, 0.3) is 16.7 Å². The molecule has 3 aromatic rings. The second-order valence-electron chi connectivity index (χ2n) is 3.93. The van der Waals surface area contributed by atoms with Crippen LogP contribution in [0.2, 0.25) is 0 Å². The second kappa shape index (κ2) is 3.73. The quantitative estimate of drug-likeness (QED) is 0.690. The van der Waals surface area contributed by atoms with E-state index in [9.17, 15) is 9.50 Å². The van der Waals surface area contributed by atoms with Gasteiger partial charge in [-0.2, -0.15) is 0 Å². The van der Waals surface area contributed by atoms with E-state index in [1.54, 1.807) is 4.57 Å². The molecule has 0 atom stereocenters. The van der Waals surface area contributed by atoms with Crippen molar-refractivity contribution in [1.29, 1.82) is 0 Å².